The van der Waals surface area contributed by atoms with Gasteiger partial charge in [-0.1, -0.05) is 30.3 Å². The Morgan fingerprint density at radius 2 is 1.64 bits per heavy atom. The fourth-order valence-electron chi connectivity index (χ4n) is 3.95. The van der Waals surface area contributed by atoms with Crippen LogP contribution in [0.3, 0.4) is 0 Å². The molecule has 1 fully saturated rings. The van der Waals surface area contributed by atoms with Crippen LogP contribution < -0.4 is 32.7 Å². The van der Waals surface area contributed by atoms with E-state index in [1.807, 2.05) is 30.3 Å². The molecule has 1 aliphatic rings. The number of primary amides is 1. The quantitative estimate of drug-likeness (QED) is 0.140. The summed E-state index contributed by atoms with van der Waals surface area (Å²) in [7, 11) is 0. The number of hydrogen-bond acceptors (Lipinski definition) is 7. The summed E-state index contributed by atoms with van der Waals surface area (Å²) in [5.74, 6) is -3.97. The van der Waals surface area contributed by atoms with Crippen molar-refractivity contribution < 1.29 is 29.1 Å². The molecule has 9 N–H and O–H groups in total. The summed E-state index contributed by atoms with van der Waals surface area (Å²) < 4.78 is 0. The number of carbonyl (C=O) groups is 5. The van der Waals surface area contributed by atoms with Gasteiger partial charge in [-0.2, -0.15) is 0 Å². The number of benzene rings is 1. The predicted molar refractivity (Wildman–Crippen MR) is 131 cm³/mol. The highest BCUT2D eigenvalue weighted by Crippen LogP contribution is 2.09. The SMILES string of the molecule is NCCCCC(NC(=O)C(Cc1ccccc1)NC(=O)C1CCCN1)C(=O)NC(CC(N)=O)C(=O)O. The molecule has 36 heavy (non-hydrogen) atoms. The van der Waals surface area contributed by atoms with Gasteiger partial charge in [0, 0.05) is 6.42 Å². The van der Waals surface area contributed by atoms with Gasteiger partial charge >= 0.3 is 5.97 Å². The molecule has 1 heterocycles. The summed E-state index contributed by atoms with van der Waals surface area (Å²) in [6.07, 6.45) is 2.38. The standard InChI is InChI=1S/C24H36N6O6/c25-11-5-4-9-17(22(33)30-19(24(35)36)14-20(26)31)28-23(34)18(13-15-7-2-1-3-8-15)29-21(32)16-10-6-12-27-16/h1-3,7-8,16-19,27H,4-6,9-14,25H2,(H2,26,31)(H,28,34)(H,29,32)(H,30,33)(H,35,36). The lowest BCUT2D eigenvalue weighted by atomic mass is 10.0. The van der Waals surface area contributed by atoms with Gasteiger partial charge in [0.2, 0.25) is 23.6 Å². The zero-order chi connectivity index (χ0) is 26.5. The zero-order valence-corrected chi connectivity index (χ0v) is 20.2. The minimum atomic E-state index is -1.53. The van der Waals surface area contributed by atoms with Gasteiger partial charge in [-0.15, -0.1) is 0 Å². The van der Waals surface area contributed by atoms with E-state index in [2.05, 4.69) is 21.3 Å². The Hall–Kier alpha value is -3.51. The van der Waals surface area contributed by atoms with Crippen LogP contribution in [0, 0.1) is 0 Å². The minimum Gasteiger partial charge on any atom is -0.480 e. The van der Waals surface area contributed by atoms with Gasteiger partial charge in [0.25, 0.3) is 0 Å². The Morgan fingerprint density at radius 3 is 2.22 bits per heavy atom. The van der Waals surface area contributed by atoms with E-state index in [-0.39, 0.29) is 18.7 Å². The molecule has 4 amide bonds. The second-order valence-electron chi connectivity index (χ2n) is 8.82. The van der Waals surface area contributed by atoms with Crippen molar-refractivity contribution >= 4 is 29.6 Å². The minimum absolute atomic E-state index is 0.188. The number of nitrogens with one attached hydrogen (secondary N) is 4. The number of carboxylic acids is 1. The average Bonchev–Trinajstić information content (AvgIpc) is 3.38. The van der Waals surface area contributed by atoms with Gasteiger partial charge in [0.15, 0.2) is 0 Å². The van der Waals surface area contributed by atoms with Crippen LogP contribution in [0.5, 0.6) is 0 Å². The van der Waals surface area contributed by atoms with Crippen LogP contribution in [-0.2, 0) is 30.4 Å². The van der Waals surface area contributed by atoms with Gasteiger partial charge < -0.3 is 37.8 Å². The maximum Gasteiger partial charge on any atom is 0.326 e. The lowest BCUT2D eigenvalue weighted by molar-refractivity contribution is -0.143. The zero-order valence-electron chi connectivity index (χ0n) is 20.2. The molecule has 0 saturated carbocycles. The molecule has 0 radical (unpaired) electrons. The molecular weight excluding hydrogens is 468 g/mol. The molecule has 4 atom stereocenters. The van der Waals surface area contributed by atoms with Gasteiger partial charge in [-0.05, 0) is 50.8 Å². The van der Waals surface area contributed by atoms with Crippen LogP contribution in [0.1, 0.15) is 44.1 Å². The first-order valence-electron chi connectivity index (χ1n) is 12.1. The highest BCUT2D eigenvalue weighted by atomic mass is 16.4. The average molecular weight is 505 g/mol. The van der Waals surface area contributed by atoms with Crippen molar-refractivity contribution in [2.24, 2.45) is 11.5 Å². The van der Waals surface area contributed by atoms with E-state index < -0.39 is 54.3 Å². The molecule has 12 heteroatoms. The predicted octanol–water partition coefficient (Wildman–Crippen LogP) is -1.48. The number of rotatable bonds is 15. The summed E-state index contributed by atoms with van der Waals surface area (Å²) in [5, 5.41) is 20.1. The lowest BCUT2D eigenvalue weighted by Crippen LogP contribution is -2.57. The molecule has 1 saturated heterocycles. The maximum absolute atomic E-state index is 13.3. The summed E-state index contributed by atoms with van der Waals surface area (Å²) >= 11 is 0. The fraction of sp³-hybridized carbons (Fsp3) is 0.542. The van der Waals surface area contributed by atoms with Crippen molar-refractivity contribution in [3.8, 4) is 0 Å². The van der Waals surface area contributed by atoms with Gasteiger partial charge in [-0.25, -0.2) is 4.79 Å². The first-order chi connectivity index (χ1) is 17.2. The largest absolute Gasteiger partial charge is 0.480 e. The number of carboxylic acid groups (broad SMARTS) is 1. The van der Waals surface area contributed by atoms with Crippen molar-refractivity contribution in [2.45, 2.75) is 69.1 Å². The van der Waals surface area contributed by atoms with E-state index >= 15 is 0 Å². The Balaban J connectivity index is 2.17. The lowest BCUT2D eigenvalue weighted by Gasteiger charge is -2.25. The molecule has 2 rings (SSSR count). The number of aliphatic carboxylic acids is 1. The summed E-state index contributed by atoms with van der Waals surface area (Å²) in [6, 6.07) is 5.13. The topological polar surface area (TPSA) is 206 Å². The number of amides is 4. The molecular formula is C24H36N6O6. The first-order valence-corrected chi connectivity index (χ1v) is 12.1. The normalized spacial score (nSPS) is 17.4. The Kier molecular flexibility index (Phi) is 11.8. The first kappa shape index (κ1) is 28.7. The van der Waals surface area contributed by atoms with Crippen molar-refractivity contribution in [1.29, 1.82) is 0 Å². The number of nitrogens with two attached hydrogens (primary N) is 2. The second-order valence-corrected chi connectivity index (χ2v) is 8.82. The maximum atomic E-state index is 13.3. The van der Waals surface area contributed by atoms with E-state index in [0.717, 1.165) is 12.0 Å². The highest BCUT2D eigenvalue weighted by Gasteiger charge is 2.31. The van der Waals surface area contributed by atoms with Crippen LogP contribution in [0.2, 0.25) is 0 Å². The van der Waals surface area contributed by atoms with Gasteiger partial charge in [-0.3, -0.25) is 19.2 Å². The smallest absolute Gasteiger partial charge is 0.326 e. The Bertz CT molecular complexity index is 906. The molecule has 1 aromatic carbocycles. The molecule has 12 nitrogen and oxygen atoms in total. The van der Waals surface area contributed by atoms with Crippen molar-refractivity contribution in [2.75, 3.05) is 13.1 Å². The van der Waals surface area contributed by atoms with E-state index in [4.69, 9.17) is 11.5 Å². The van der Waals surface area contributed by atoms with E-state index in [1.54, 1.807) is 0 Å². The molecule has 0 bridgehead atoms. The molecule has 0 spiro atoms. The fourth-order valence-corrected chi connectivity index (χ4v) is 3.95. The number of carbonyl (C=O) groups excluding carboxylic acids is 4. The monoisotopic (exact) mass is 504 g/mol. The van der Waals surface area contributed by atoms with Crippen molar-refractivity contribution in [3.05, 3.63) is 35.9 Å². The molecule has 198 valence electrons. The molecule has 1 aromatic rings. The van der Waals surface area contributed by atoms with Crippen LogP contribution >= 0.6 is 0 Å². The molecule has 4 unspecified atom stereocenters. The Labute approximate surface area is 209 Å². The van der Waals surface area contributed by atoms with Crippen LogP contribution in [0.15, 0.2) is 30.3 Å². The van der Waals surface area contributed by atoms with E-state index in [1.165, 1.54) is 0 Å². The van der Waals surface area contributed by atoms with E-state index in [9.17, 15) is 29.1 Å². The molecule has 0 aliphatic carbocycles. The summed E-state index contributed by atoms with van der Waals surface area (Å²) in [5.41, 5.74) is 11.4. The number of hydrogen-bond donors (Lipinski definition) is 7. The third-order valence-corrected chi connectivity index (χ3v) is 5.89. The Morgan fingerprint density at radius 1 is 0.972 bits per heavy atom. The van der Waals surface area contributed by atoms with Crippen molar-refractivity contribution in [3.63, 3.8) is 0 Å². The summed E-state index contributed by atoms with van der Waals surface area (Å²) in [4.78, 5) is 61.6. The number of unbranched alkanes of at least 4 members (excludes halogenated alkanes) is 1. The van der Waals surface area contributed by atoms with Crippen molar-refractivity contribution in [1.82, 2.24) is 21.3 Å². The summed E-state index contributed by atoms with van der Waals surface area (Å²) in [6.45, 7) is 1.09. The van der Waals surface area contributed by atoms with Gasteiger partial charge in [0.05, 0.1) is 12.5 Å². The van der Waals surface area contributed by atoms with Crippen LogP contribution in [0.25, 0.3) is 0 Å². The highest BCUT2D eigenvalue weighted by molar-refractivity contribution is 5.95. The third-order valence-electron chi connectivity index (χ3n) is 5.89. The van der Waals surface area contributed by atoms with E-state index in [0.29, 0.717) is 32.4 Å². The molecule has 1 aliphatic heterocycles. The van der Waals surface area contributed by atoms with Crippen LogP contribution in [0.4, 0.5) is 0 Å². The third kappa shape index (κ3) is 9.62. The van der Waals surface area contributed by atoms with Gasteiger partial charge in [0.1, 0.15) is 18.1 Å². The van der Waals surface area contributed by atoms with Crippen LogP contribution in [-0.4, -0.2) is 72.0 Å². The second kappa shape index (κ2) is 14.8. The molecule has 0 aromatic heterocycles.